The molecule has 1 atom stereocenters. The van der Waals surface area contributed by atoms with Gasteiger partial charge in [0.1, 0.15) is 11.5 Å². The Morgan fingerprint density at radius 1 is 1.21 bits per heavy atom. The highest BCUT2D eigenvalue weighted by Crippen LogP contribution is 2.35. The van der Waals surface area contributed by atoms with Gasteiger partial charge in [0.15, 0.2) is 5.82 Å². The topological polar surface area (TPSA) is 88.8 Å². The molecule has 1 fully saturated rings. The lowest BCUT2D eigenvalue weighted by molar-refractivity contribution is -0.126. The van der Waals surface area contributed by atoms with Gasteiger partial charge in [0.25, 0.3) is 0 Å². The van der Waals surface area contributed by atoms with E-state index in [1.165, 1.54) is 0 Å². The van der Waals surface area contributed by atoms with Crippen LogP contribution in [0.25, 0.3) is 6.08 Å². The van der Waals surface area contributed by atoms with Crippen molar-refractivity contribution in [3.05, 3.63) is 66.0 Å². The number of hydrogen-bond acceptors (Lipinski definition) is 6. The maximum atomic E-state index is 12.9. The second kappa shape index (κ2) is 8.22. The van der Waals surface area contributed by atoms with Crippen LogP contribution in [-0.2, 0) is 11.8 Å². The number of aromatic nitrogens is 5. The fourth-order valence-corrected chi connectivity index (χ4v) is 3.52. The Morgan fingerprint density at radius 3 is 2.83 bits per heavy atom. The second-order valence-corrected chi connectivity index (χ2v) is 7.05. The van der Waals surface area contributed by atoms with Crippen molar-refractivity contribution in [3.63, 3.8) is 0 Å². The zero-order valence-electron chi connectivity index (χ0n) is 16.5. The molecule has 0 saturated carbocycles. The average molecular weight is 389 g/mol. The van der Waals surface area contributed by atoms with Gasteiger partial charge in [-0.05, 0) is 37.5 Å². The monoisotopic (exact) mass is 389 g/mol. The van der Waals surface area contributed by atoms with Crippen molar-refractivity contribution in [2.75, 3.05) is 11.9 Å². The highest BCUT2D eigenvalue weighted by Gasteiger charge is 2.32. The summed E-state index contributed by atoms with van der Waals surface area (Å²) in [6, 6.07) is 3.76. The Kier molecular flexibility index (Phi) is 5.33. The molecule has 3 aromatic rings. The van der Waals surface area contributed by atoms with E-state index in [1.54, 1.807) is 41.6 Å². The van der Waals surface area contributed by atoms with Gasteiger partial charge in [0, 0.05) is 50.0 Å². The number of rotatable bonds is 5. The first-order chi connectivity index (χ1) is 14.1. The zero-order valence-corrected chi connectivity index (χ0v) is 16.5. The molecule has 8 nitrogen and oxygen atoms in total. The Balaban J connectivity index is 1.56. The minimum absolute atomic E-state index is 0.0398. The molecule has 4 heterocycles. The van der Waals surface area contributed by atoms with Gasteiger partial charge in [-0.15, -0.1) is 0 Å². The SMILES string of the molecule is Cc1cccnc1Nc1nccnc1[C@@H]1CCCN1C(=O)/C=C/c1cnn(C)c1. The Hall–Kier alpha value is -3.55. The zero-order chi connectivity index (χ0) is 20.2. The standard InChI is InChI=1S/C21H23N7O/c1-15-5-3-9-23-20(15)26-21-19(22-10-11-24-21)17-6-4-12-28(17)18(29)8-7-16-13-25-27(2)14-16/h3,5,7-11,13-14,17H,4,6,12H2,1-2H3,(H,23,24,26)/b8-7+/t17-/m0/s1. The second-order valence-electron chi connectivity index (χ2n) is 7.05. The third-order valence-corrected chi connectivity index (χ3v) is 4.97. The molecule has 4 rings (SSSR count). The van der Waals surface area contributed by atoms with Crippen LogP contribution in [0.4, 0.5) is 11.6 Å². The smallest absolute Gasteiger partial charge is 0.247 e. The number of nitrogens with zero attached hydrogens (tertiary/aromatic N) is 6. The summed E-state index contributed by atoms with van der Waals surface area (Å²) in [6.07, 6.45) is 13.8. The van der Waals surface area contributed by atoms with Crippen molar-refractivity contribution in [1.29, 1.82) is 0 Å². The summed E-state index contributed by atoms with van der Waals surface area (Å²) in [5.41, 5.74) is 2.67. The molecule has 0 spiro atoms. The summed E-state index contributed by atoms with van der Waals surface area (Å²) in [5, 5.41) is 7.41. The normalized spacial score (nSPS) is 16.5. The third kappa shape index (κ3) is 4.16. The molecule has 0 aromatic carbocycles. The fraction of sp³-hybridized carbons (Fsp3) is 0.286. The van der Waals surface area contributed by atoms with Crippen LogP contribution in [0.1, 0.15) is 35.7 Å². The highest BCUT2D eigenvalue weighted by atomic mass is 16.2. The maximum Gasteiger partial charge on any atom is 0.247 e. The van der Waals surface area contributed by atoms with E-state index in [-0.39, 0.29) is 11.9 Å². The number of hydrogen-bond donors (Lipinski definition) is 1. The lowest BCUT2D eigenvalue weighted by atomic mass is 10.1. The maximum absolute atomic E-state index is 12.9. The predicted octanol–water partition coefficient (Wildman–Crippen LogP) is 3.03. The Morgan fingerprint density at radius 2 is 2.03 bits per heavy atom. The van der Waals surface area contributed by atoms with Crippen molar-refractivity contribution in [2.45, 2.75) is 25.8 Å². The van der Waals surface area contributed by atoms with Crippen LogP contribution < -0.4 is 5.32 Å². The minimum atomic E-state index is -0.124. The first-order valence-corrected chi connectivity index (χ1v) is 9.58. The molecule has 8 heteroatoms. The summed E-state index contributed by atoms with van der Waals surface area (Å²) in [4.78, 5) is 28.1. The average Bonchev–Trinajstić information content (AvgIpc) is 3.37. The summed E-state index contributed by atoms with van der Waals surface area (Å²) in [6.45, 7) is 2.68. The quantitative estimate of drug-likeness (QED) is 0.675. The van der Waals surface area contributed by atoms with E-state index in [9.17, 15) is 4.79 Å². The molecule has 3 aromatic heterocycles. The number of likely N-dealkylation sites (tertiary alicyclic amines) is 1. The van der Waals surface area contributed by atoms with Crippen LogP contribution in [0.3, 0.4) is 0 Å². The molecular formula is C21H23N7O. The van der Waals surface area contributed by atoms with E-state index in [0.29, 0.717) is 12.4 Å². The Labute approximate surface area is 169 Å². The van der Waals surface area contributed by atoms with E-state index in [4.69, 9.17) is 0 Å². The van der Waals surface area contributed by atoms with Crippen molar-refractivity contribution in [2.24, 2.45) is 7.05 Å². The molecule has 0 aliphatic carbocycles. The molecule has 29 heavy (non-hydrogen) atoms. The summed E-state index contributed by atoms with van der Waals surface area (Å²) in [5.74, 6) is 1.33. The first-order valence-electron chi connectivity index (χ1n) is 9.58. The van der Waals surface area contributed by atoms with E-state index in [2.05, 4.69) is 25.4 Å². The van der Waals surface area contributed by atoms with Crippen LogP contribution in [0.2, 0.25) is 0 Å². The molecule has 0 bridgehead atoms. The number of aryl methyl sites for hydroxylation is 2. The van der Waals surface area contributed by atoms with Crippen LogP contribution in [0, 0.1) is 6.92 Å². The van der Waals surface area contributed by atoms with Gasteiger partial charge in [-0.1, -0.05) is 6.07 Å². The van der Waals surface area contributed by atoms with Crippen LogP contribution >= 0.6 is 0 Å². The van der Waals surface area contributed by atoms with Crippen LogP contribution in [0.15, 0.2) is 49.2 Å². The van der Waals surface area contributed by atoms with Gasteiger partial charge in [-0.25, -0.2) is 9.97 Å². The number of amides is 1. The predicted molar refractivity (Wildman–Crippen MR) is 110 cm³/mol. The molecule has 1 amide bonds. The fourth-order valence-electron chi connectivity index (χ4n) is 3.52. The van der Waals surface area contributed by atoms with Gasteiger partial charge >= 0.3 is 0 Å². The molecule has 1 N–H and O–H groups in total. The lowest BCUT2D eigenvalue weighted by Crippen LogP contribution is -2.30. The van der Waals surface area contributed by atoms with E-state index in [1.807, 2.05) is 37.2 Å². The number of anilines is 2. The molecule has 1 aliphatic heterocycles. The molecule has 0 unspecified atom stereocenters. The minimum Gasteiger partial charge on any atom is -0.330 e. The number of carbonyl (C=O) groups excluding carboxylic acids is 1. The van der Waals surface area contributed by atoms with E-state index >= 15 is 0 Å². The van der Waals surface area contributed by atoms with Gasteiger partial charge in [0.05, 0.1) is 12.2 Å². The van der Waals surface area contributed by atoms with Gasteiger partial charge in [-0.3, -0.25) is 14.5 Å². The lowest BCUT2D eigenvalue weighted by Gasteiger charge is -2.24. The number of nitrogens with one attached hydrogen (secondary N) is 1. The van der Waals surface area contributed by atoms with E-state index < -0.39 is 0 Å². The highest BCUT2D eigenvalue weighted by molar-refractivity contribution is 5.92. The van der Waals surface area contributed by atoms with E-state index in [0.717, 1.165) is 35.5 Å². The van der Waals surface area contributed by atoms with Gasteiger partial charge in [-0.2, -0.15) is 5.10 Å². The van der Waals surface area contributed by atoms with Crippen molar-refractivity contribution in [1.82, 2.24) is 29.6 Å². The Bertz CT molecular complexity index is 1040. The van der Waals surface area contributed by atoms with Gasteiger partial charge < -0.3 is 10.2 Å². The van der Waals surface area contributed by atoms with Gasteiger partial charge in [0.2, 0.25) is 5.91 Å². The summed E-state index contributed by atoms with van der Waals surface area (Å²) < 4.78 is 1.71. The summed E-state index contributed by atoms with van der Waals surface area (Å²) in [7, 11) is 1.85. The molecule has 1 saturated heterocycles. The van der Waals surface area contributed by atoms with Crippen LogP contribution in [-0.4, -0.2) is 42.1 Å². The number of carbonyl (C=O) groups is 1. The third-order valence-electron chi connectivity index (χ3n) is 4.97. The van der Waals surface area contributed by atoms with Crippen molar-refractivity contribution < 1.29 is 4.79 Å². The molecule has 148 valence electrons. The van der Waals surface area contributed by atoms with Crippen LogP contribution in [0.5, 0.6) is 0 Å². The first kappa shape index (κ1) is 18.8. The molecular weight excluding hydrogens is 366 g/mol. The summed E-state index contributed by atoms with van der Waals surface area (Å²) >= 11 is 0. The number of pyridine rings is 1. The van der Waals surface area contributed by atoms with Crippen molar-refractivity contribution in [3.8, 4) is 0 Å². The largest absolute Gasteiger partial charge is 0.330 e. The molecule has 0 radical (unpaired) electrons. The van der Waals surface area contributed by atoms with Crippen molar-refractivity contribution >= 4 is 23.6 Å². The molecule has 1 aliphatic rings.